The van der Waals surface area contributed by atoms with Gasteiger partial charge in [0.2, 0.25) is 0 Å². The quantitative estimate of drug-likeness (QED) is 0.224. The molecular formula is C18H13ClF4N4O. The monoisotopic (exact) mass is 412 g/mol. The molecule has 0 fully saturated rings. The SMILES string of the molecule is NNC(=O)/C=C/c1nn(Cc2ccc(Cl)cc2F)c2ccc(C(F)(F)F)cc12. The van der Waals surface area contributed by atoms with Crippen LogP contribution in [0.4, 0.5) is 17.6 Å². The van der Waals surface area contributed by atoms with Crippen molar-refractivity contribution in [3.05, 3.63) is 70.1 Å². The molecule has 0 aliphatic rings. The van der Waals surface area contributed by atoms with Crippen LogP contribution in [-0.2, 0) is 17.5 Å². The van der Waals surface area contributed by atoms with Gasteiger partial charge < -0.3 is 0 Å². The fourth-order valence-corrected chi connectivity index (χ4v) is 2.80. The largest absolute Gasteiger partial charge is 0.416 e. The molecule has 3 rings (SSSR count). The molecule has 2 aromatic carbocycles. The highest BCUT2D eigenvalue weighted by Crippen LogP contribution is 2.33. The summed E-state index contributed by atoms with van der Waals surface area (Å²) in [4.78, 5) is 11.3. The number of nitrogens with one attached hydrogen (secondary N) is 1. The molecule has 3 aromatic rings. The third-order valence-electron chi connectivity index (χ3n) is 3.98. The minimum atomic E-state index is -4.55. The Hall–Kier alpha value is -2.91. The molecule has 0 aliphatic heterocycles. The van der Waals surface area contributed by atoms with E-state index in [1.807, 2.05) is 5.43 Å². The van der Waals surface area contributed by atoms with Crippen molar-refractivity contribution in [1.82, 2.24) is 15.2 Å². The van der Waals surface area contributed by atoms with Gasteiger partial charge in [0.05, 0.1) is 23.3 Å². The average Bonchev–Trinajstić information content (AvgIpc) is 2.98. The van der Waals surface area contributed by atoms with Crippen LogP contribution in [0.2, 0.25) is 5.02 Å². The lowest BCUT2D eigenvalue weighted by atomic mass is 10.1. The summed E-state index contributed by atoms with van der Waals surface area (Å²) < 4.78 is 54.7. The maximum Gasteiger partial charge on any atom is 0.416 e. The van der Waals surface area contributed by atoms with Gasteiger partial charge in [-0.3, -0.25) is 14.9 Å². The van der Waals surface area contributed by atoms with Crippen LogP contribution in [-0.4, -0.2) is 15.7 Å². The molecule has 5 nitrogen and oxygen atoms in total. The third-order valence-corrected chi connectivity index (χ3v) is 4.21. The fraction of sp³-hybridized carbons (Fsp3) is 0.111. The van der Waals surface area contributed by atoms with Crippen molar-refractivity contribution in [3.63, 3.8) is 0 Å². The number of aromatic nitrogens is 2. The Labute approximate surface area is 161 Å². The molecule has 0 radical (unpaired) electrons. The van der Waals surface area contributed by atoms with E-state index >= 15 is 0 Å². The number of nitrogens with zero attached hydrogens (tertiary/aromatic N) is 2. The summed E-state index contributed by atoms with van der Waals surface area (Å²) in [7, 11) is 0. The number of carbonyl (C=O) groups excluding carboxylic acids is 1. The van der Waals surface area contributed by atoms with Crippen LogP contribution in [0.15, 0.2) is 42.5 Å². The highest BCUT2D eigenvalue weighted by molar-refractivity contribution is 6.30. The molecule has 10 heteroatoms. The van der Waals surface area contributed by atoms with Crippen molar-refractivity contribution >= 4 is 34.5 Å². The molecule has 0 saturated heterocycles. The Morgan fingerprint density at radius 1 is 1.25 bits per heavy atom. The molecular weight excluding hydrogens is 400 g/mol. The average molecular weight is 413 g/mol. The van der Waals surface area contributed by atoms with E-state index in [1.165, 1.54) is 29.0 Å². The predicted molar refractivity (Wildman–Crippen MR) is 96.6 cm³/mol. The molecule has 0 spiro atoms. The van der Waals surface area contributed by atoms with Gasteiger partial charge in [-0.15, -0.1) is 0 Å². The topological polar surface area (TPSA) is 72.9 Å². The molecule has 28 heavy (non-hydrogen) atoms. The lowest BCUT2D eigenvalue weighted by Gasteiger charge is -2.08. The van der Waals surface area contributed by atoms with E-state index in [4.69, 9.17) is 17.4 Å². The number of alkyl halides is 3. The Kier molecular flexibility index (Phi) is 5.39. The van der Waals surface area contributed by atoms with Crippen molar-refractivity contribution in [2.75, 3.05) is 0 Å². The molecule has 1 aromatic heterocycles. The van der Waals surface area contributed by atoms with Gasteiger partial charge >= 0.3 is 6.18 Å². The van der Waals surface area contributed by atoms with E-state index in [0.717, 1.165) is 24.3 Å². The van der Waals surface area contributed by atoms with Crippen molar-refractivity contribution in [1.29, 1.82) is 0 Å². The Balaban J connectivity index is 2.12. The molecule has 146 valence electrons. The molecule has 0 saturated carbocycles. The van der Waals surface area contributed by atoms with Gasteiger partial charge in [-0.05, 0) is 36.4 Å². The van der Waals surface area contributed by atoms with Crippen LogP contribution in [0.25, 0.3) is 17.0 Å². The number of fused-ring (bicyclic) bond motifs is 1. The second-order valence-corrected chi connectivity index (χ2v) is 6.29. The second-order valence-electron chi connectivity index (χ2n) is 5.85. The van der Waals surface area contributed by atoms with E-state index in [2.05, 4.69) is 5.10 Å². The Morgan fingerprint density at radius 3 is 2.64 bits per heavy atom. The van der Waals surface area contributed by atoms with E-state index in [1.54, 1.807) is 0 Å². The number of halogens is 5. The van der Waals surface area contributed by atoms with Gasteiger partial charge in [0.1, 0.15) is 5.82 Å². The van der Waals surface area contributed by atoms with Crippen LogP contribution in [0, 0.1) is 5.82 Å². The molecule has 0 unspecified atom stereocenters. The van der Waals surface area contributed by atoms with E-state index in [-0.39, 0.29) is 28.2 Å². The molecule has 0 atom stereocenters. The molecule has 0 aliphatic carbocycles. The van der Waals surface area contributed by atoms with Crippen molar-refractivity contribution < 1.29 is 22.4 Å². The van der Waals surface area contributed by atoms with Gasteiger partial charge in [-0.2, -0.15) is 18.3 Å². The number of benzene rings is 2. The van der Waals surface area contributed by atoms with Gasteiger partial charge in [0.15, 0.2) is 0 Å². The van der Waals surface area contributed by atoms with E-state index < -0.39 is 23.5 Å². The van der Waals surface area contributed by atoms with Crippen molar-refractivity contribution in [2.24, 2.45) is 5.84 Å². The minimum Gasteiger partial charge on any atom is -0.291 e. The molecule has 0 bridgehead atoms. The Morgan fingerprint density at radius 2 is 2.00 bits per heavy atom. The van der Waals surface area contributed by atoms with Crippen LogP contribution < -0.4 is 11.3 Å². The Bertz CT molecular complexity index is 1080. The highest BCUT2D eigenvalue weighted by atomic mass is 35.5. The first kappa shape index (κ1) is 19.8. The first-order valence-electron chi connectivity index (χ1n) is 7.89. The molecule has 3 N–H and O–H groups in total. The standard InChI is InChI=1S/C18H13ClF4N4O/c19-12-3-1-10(14(20)8-12)9-27-16-5-2-11(18(21,22)23)7-13(16)15(26-27)4-6-17(28)25-24/h1-8H,9,24H2,(H,25,28)/b6-4+. The fourth-order valence-electron chi connectivity index (χ4n) is 2.64. The third kappa shape index (κ3) is 4.15. The van der Waals surface area contributed by atoms with Crippen LogP contribution in [0.5, 0.6) is 0 Å². The summed E-state index contributed by atoms with van der Waals surface area (Å²) in [6, 6.07) is 7.19. The molecule has 1 amide bonds. The first-order chi connectivity index (χ1) is 13.2. The van der Waals surface area contributed by atoms with Crippen molar-refractivity contribution in [3.8, 4) is 0 Å². The first-order valence-corrected chi connectivity index (χ1v) is 8.27. The van der Waals surface area contributed by atoms with Gasteiger partial charge in [0, 0.05) is 22.0 Å². The smallest absolute Gasteiger partial charge is 0.291 e. The number of carbonyl (C=O) groups is 1. The second kappa shape index (κ2) is 7.61. The lowest BCUT2D eigenvalue weighted by Crippen LogP contribution is -2.27. The predicted octanol–water partition coefficient (Wildman–Crippen LogP) is 3.90. The number of nitrogens with two attached hydrogens (primary N) is 1. The summed E-state index contributed by atoms with van der Waals surface area (Å²) in [5.74, 6) is 3.77. The van der Waals surface area contributed by atoms with Gasteiger partial charge in [-0.1, -0.05) is 17.7 Å². The number of hydrazine groups is 1. The summed E-state index contributed by atoms with van der Waals surface area (Å²) in [6.07, 6.45) is -2.27. The maximum atomic E-state index is 14.1. The number of rotatable bonds is 4. The highest BCUT2D eigenvalue weighted by Gasteiger charge is 2.31. The van der Waals surface area contributed by atoms with Crippen LogP contribution in [0.3, 0.4) is 0 Å². The summed E-state index contributed by atoms with van der Waals surface area (Å²) >= 11 is 5.74. The lowest BCUT2D eigenvalue weighted by molar-refractivity contribution is -0.137. The summed E-state index contributed by atoms with van der Waals surface area (Å²) in [5, 5.41) is 4.60. The van der Waals surface area contributed by atoms with Gasteiger partial charge in [-0.25, -0.2) is 10.2 Å². The summed E-state index contributed by atoms with van der Waals surface area (Å²) in [5.41, 5.74) is 1.72. The van der Waals surface area contributed by atoms with Crippen LogP contribution >= 0.6 is 11.6 Å². The zero-order chi connectivity index (χ0) is 20.5. The van der Waals surface area contributed by atoms with Gasteiger partial charge in [0.25, 0.3) is 5.91 Å². The minimum absolute atomic E-state index is 0.0399. The van der Waals surface area contributed by atoms with Crippen LogP contribution in [0.1, 0.15) is 16.8 Å². The zero-order valence-corrected chi connectivity index (χ0v) is 14.9. The maximum absolute atomic E-state index is 14.1. The zero-order valence-electron chi connectivity index (χ0n) is 14.1. The number of amides is 1. The van der Waals surface area contributed by atoms with E-state index in [0.29, 0.717) is 5.52 Å². The van der Waals surface area contributed by atoms with Crippen molar-refractivity contribution in [2.45, 2.75) is 12.7 Å². The summed E-state index contributed by atoms with van der Waals surface area (Å²) in [6.45, 7) is -0.0399. The number of hydrogen-bond donors (Lipinski definition) is 2. The molecule has 1 heterocycles. The van der Waals surface area contributed by atoms with E-state index in [9.17, 15) is 22.4 Å². The normalized spacial score (nSPS) is 12.1. The number of hydrogen-bond acceptors (Lipinski definition) is 3.